The quantitative estimate of drug-likeness (QED) is 0.0168. The third kappa shape index (κ3) is 26.3. The number of rotatable bonds is 27. The number of hydrogen-bond acceptors (Lipinski definition) is 19. The Labute approximate surface area is 474 Å². The van der Waals surface area contributed by atoms with Gasteiger partial charge < -0.3 is 90.6 Å². The molecule has 0 aliphatic carbocycles. The van der Waals surface area contributed by atoms with Gasteiger partial charge in [0.05, 0.1) is 31.7 Å². The van der Waals surface area contributed by atoms with Crippen molar-refractivity contribution in [2.45, 2.75) is 99.7 Å². The van der Waals surface area contributed by atoms with Crippen LogP contribution in [0.3, 0.4) is 0 Å². The fraction of sp³-hybridized carbons (Fsp3) is 0.543. The first kappa shape index (κ1) is 67.4. The number of carbonyl (C=O) groups is 14. The van der Waals surface area contributed by atoms with Crippen LogP contribution in [0.25, 0.3) is 0 Å². The fourth-order valence-electron chi connectivity index (χ4n) is 7.37. The molecular formula is C46H67N15O17S3. The standard InChI is InChI=1S/C46H67N15O17S3/c47-11-5-4-9-25-40(73)58-28(15-36(67)68)43(76)59-29(19-79-22-34(64)54-25)44(77)56-24(10-6-12-50-46(48)49)38(71)53-17-33(63)55-27(14-35(65)66)42(75)61-31-21-81-80-20-30(39(72)52-16-32(62)51-18-37(69)70)60-41(74)26(57-45(31)78)13-23-7-2-1-3-8-23/h1-3,7-8,24-31H,4-6,9-22,47H2,(H,51,62)(H,52,72)(H,53,71)(H,54,64)(H,55,63)(H,56,77)(H,57,78)(H,58,73)(H,59,76)(H,60,74)(H,61,75)(H,65,66)(H,67,68)(H,69,70)(H4,48,49,50)/t24-,25-,26-,27-,28-,29-,30-,31-/m0/s1. The molecule has 0 bridgehead atoms. The van der Waals surface area contributed by atoms with Gasteiger partial charge in [-0.2, -0.15) is 0 Å². The lowest BCUT2D eigenvalue weighted by molar-refractivity contribution is -0.141. The van der Waals surface area contributed by atoms with Gasteiger partial charge in [-0.05, 0) is 44.2 Å². The van der Waals surface area contributed by atoms with Crippen LogP contribution in [-0.2, 0) is 73.5 Å². The largest absolute Gasteiger partial charge is 0.481 e. The third-order valence-electron chi connectivity index (χ3n) is 11.4. The lowest BCUT2D eigenvalue weighted by atomic mass is 10.0. The van der Waals surface area contributed by atoms with Gasteiger partial charge in [0.2, 0.25) is 65.0 Å². The number of carbonyl (C=O) groups excluding carboxylic acids is 11. The van der Waals surface area contributed by atoms with E-state index in [1.54, 1.807) is 30.3 Å². The third-order valence-corrected chi connectivity index (χ3v) is 14.9. The second-order valence-electron chi connectivity index (χ2n) is 18.0. The van der Waals surface area contributed by atoms with Gasteiger partial charge in [0.1, 0.15) is 54.9 Å². The number of aliphatic carboxylic acids is 3. The van der Waals surface area contributed by atoms with Gasteiger partial charge in [0.25, 0.3) is 0 Å². The minimum Gasteiger partial charge on any atom is -0.481 e. The number of benzene rings is 1. The Balaban J connectivity index is 1.79. The molecule has 2 aliphatic rings. The molecule has 2 fully saturated rings. The highest BCUT2D eigenvalue weighted by Crippen LogP contribution is 2.24. The summed E-state index contributed by atoms with van der Waals surface area (Å²) < 4.78 is 0. The smallest absolute Gasteiger partial charge is 0.322 e. The topological polar surface area (TPSA) is 520 Å². The van der Waals surface area contributed by atoms with Gasteiger partial charge in [-0.3, -0.25) is 72.5 Å². The molecule has 32 nitrogen and oxygen atoms in total. The Bertz CT molecular complexity index is 2460. The van der Waals surface area contributed by atoms with Gasteiger partial charge in [0.15, 0.2) is 5.96 Å². The number of amides is 11. The van der Waals surface area contributed by atoms with Crippen molar-refractivity contribution < 1.29 is 82.4 Å². The Kier molecular flexibility index (Phi) is 29.6. The van der Waals surface area contributed by atoms with E-state index >= 15 is 0 Å². The van der Waals surface area contributed by atoms with E-state index in [4.69, 9.17) is 22.0 Å². The van der Waals surface area contributed by atoms with E-state index < -0.39 is 170 Å². The number of carboxylic acids is 3. The Morgan fingerprint density at radius 2 is 1.27 bits per heavy atom. The molecule has 3 rings (SSSR count). The summed E-state index contributed by atoms with van der Waals surface area (Å²) in [7, 11) is 1.92. The van der Waals surface area contributed by atoms with Crippen LogP contribution < -0.4 is 75.3 Å². The van der Waals surface area contributed by atoms with Crippen LogP contribution in [0.1, 0.15) is 50.5 Å². The molecule has 0 unspecified atom stereocenters. The molecule has 0 spiro atoms. The first-order chi connectivity index (χ1) is 38.4. The summed E-state index contributed by atoms with van der Waals surface area (Å²) in [5.41, 5.74) is 11.5. The van der Waals surface area contributed by atoms with E-state index in [2.05, 4.69) is 63.8 Å². The number of nitrogens with two attached hydrogens (primary N) is 2. The molecule has 0 saturated carbocycles. The molecule has 0 aromatic heterocycles. The van der Waals surface area contributed by atoms with Gasteiger partial charge in [-0.15, -0.1) is 11.8 Å². The number of thioether (sulfide) groups is 1. The summed E-state index contributed by atoms with van der Waals surface area (Å²) in [5.74, 6) is -16.2. The number of guanidine groups is 1. The highest BCUT2D eigenvalue weighted by atomic mass is 33.1. The van der Waals surface area contributed by atoms with Crippen molar-refractivity contribution in [2.75, 3.05) is 55.7 Å². The molecular weight excluding hydrogens is 1130 g/mol. The average molecular weight is 1200 g/mol. The van der Waals surface area contributed by atoms with E-state index in [1.165, 1.54) is 0 Å². The molecule has 11 amide bonds. The van der Waals surface area contributed by atoms with Crippen molar-refractivity contribution in [1.82, 2.24) is 63.8 Å². The van der Waals surface area contributed by atoms with E-state index in [0.717, 1.165) is 33.3 Å². The maximum absolute atomic E-state index is 13.9. The van der Waals surface area contributed by atoms with Gasteiger partial charge in [-0.25, -0.2) is 0 Å². The zero-order valence-electron chi connectivity index (χ0n) is 43.5. The van der Waals surface area contributed by atoms with Gasteiger partial charge in [0, 0.05) is 30.2 Å². The van der Waals surface area contributed by atoms with Crippen molar-refractivity contribution in [1.29, 1.82) is 5.41 Å². The molecule has 2 saturated heterocycles. The molecule has 35 heteroatoms. The fourth-order valence-corrected chi connectivity index (χ4v) is 10.6. The summed E-state index contributed by atoms with van der Waals surface area (Å²) in [6.45, 7) is -1.99. The lowest BCUT2D eigenvalue weighted by Crippen LogP contribution is -2.60. The maximum Gasteiger partial charge on any atom is 0.322 e. The van der Waals surface area contributed by atoms with Crippen LogP contribution in [0.5, 0.6) is 0 Å². The minimum absolute atomic E-state index is 0.00517. The predicted molar refractivity (Wildman–Crippen MR) is 291 cm³/mol. The first-order valence-corrected chi connectivity index (χ1v) is 28.6. The summed E-state index contributed by atoms with van der Waals surface area (Å²) >= 11 is 0.861. The van der Waals surface area contributed by atoms with Crippen LogP contribution in [0.4, 0.5) is 0 Å². The molecule has 2 heterocycles. The number of carboxylic acid groups (broad SMARTS) is 3. The predicted octanol–water partition coefficient (Wildman–Crippen LogP) is -6.98. The number of unbranched alkanes of at least 4 members (excludes halogenated alkanes) is 1. The van der Waals surface area contributed by atoms with Crippen LogP contribution in [0.15, 0.2) is 30.3 Å². The second kappa shape index (κ2) is 35.6. The SMILES string of the molecule is N=C(N)NCCC[C@H](NC(=O)[C@@H]1CSCC(=O)N[C@@H](CCCCN)C(=O)N[C@@H](CC(=O)O)C(=O)N1)C(=O)NCC(=O)N[C@@H](CC(=O)O)C(=O)N[C@H]1CSSC[C@@H](C(=O)NCC(=O)NCC(=O)O)NC(=O)[C@H](Cc2ccccc2)NC1=O. The van der Waals surface area contributed by atoms with Crippen LogP contribution >= 0.6 is 33.3 Å². The molecule has 81 heavy (non-hydrogen) atoms. The van der Waals surface area contributed by atoms with Crippen LogP contribution in [0.2, 0.25) is 0 Å². The van der Waals surface area contributed by atoms with Crippen molar-refractivity contribution in [2.24, 2.45) is 11.5 Å². The summed E-state index contributed by atoms with van der Waals surface area (Å²) in [5, 5.41) is 64.1. The maximum atomic E-state index is 13.9. The monoisotopic (exact) mass is 1200 g/mol. The van der Waals surface area contributed by atoms with Crippen LogP contribution in [-0.4, -0.2) is 208 Å². The van der Waals surface area contributed by atoms with Crippen molar-refractivity contribution in [3.63, 3.8) is 0 Å². The van der Waals surface area contributed by atoms with Gasteiger partial charge in [-0.1, -0.05) is 51.9 Å². The van der Waals surface area contributed by atoms with Gasteiger partial charge >= 0.3 is 17.9 Å². The van der Waals surface area contributed by atoms with E-state index in [0.29, 0.717) is 24.9 Å². The molecule has 8 atom stereocenters. The van der Waals surface area contributed by atoms with Crippen molar-refractivity contribution in [3.8, 4) is 0 Å². The molecule has 446 valence electrons. The summed E-state index contributed by atoms with van der Waals surface area (Å²) in [6, 6.07) is -3.69. The molecule has 0 radical (unpaired) electrons. The zero-order valence-corrected chi connectivity index (χ0v) is 45.9. The van der Waals surface area contributed by atoms with Crippen LogP contribution in [0, 0.1) is 5.41 Å². The number of hydrogen-bond donors (Lipinski definition) is 18. The van der Waals surface area contributed by atoms with E-state index in [1.807, 2.05) is 0 Å². The highest BCUT2D eigenvalue weighted by Gasteiger charge is 2.36. The second-order valence-corrected chi connectivity index (χ2v) is 21.5. The van der Waals surface area contributed by atoms with E-state index in [9.17, 15) is 77.3 Å². The normalized spacial score (nSPS) is 20.7. The lowest BCUT2D eigenvalue weighted by Gasteiger charge is -2.27. The molecule has 20 N–H and O–H groups in total. The molecule has 1 aromatic carbocycles. The molecule has 2 aliphatic heterocycles. The number of nitrogens with one attached hydrogen (secondary N) is 13. The summed E-state index contributed by atoms with van der Waals surface area (Å²) in [4.78, 5) is 182. The first-order valence-electron chi connectivity index (χ1n) is 25.0. The average Bonchev–Trinajstić information content (AvgIpc) is 3.45. The van der Waals surface area contributed by atoms with Crippen molar-refractivity contribution >= 4 is 122 Å². The zero-order chi connectivity index (χ0) is 60.0. The summed E-state index contributed by atoms with van der Waals surface area (Å²) in [6.07, 6.45) is -1.22. The Hall–Kier alpha value is -7.92. The molecule has 1 aromatic rings. The Morgan fingerprint density at radius 1 is 0.630 bits per heavy atom. The Morgan fingerprint density at radius 3 is 1.93 bits per heavy atom. The van der Waals surface area contributed by atoms with E-state index in [-0.39, 0.29) is 55.2 Å². The highest BCUT2D eigenvalue weighted by molar-refractivity contribution is 8.76. The van der Waals surface area contributed by atoms with Crippen molar-refractivity contribution in [3.05, 3.63) is 35.9 Å². The minimum atomic E-state index is -1.89.